The van der Waals surface area contributed by atoms with Crippen LogP contribution < -0.4 is 0 Å². The van der Waals surface area contributed by atoms with Crippen molar-refractivity contribution < 1.29 is 14.3 Å². The third kappa shape index (κ3) is 4.77. The first-order chi connectivity index (χ1) is 11.8. The van der Waals surface area contributed by atoms with E-state index < -0.39 is 11.5 Å². The van der Waals surface area contributed by atoms with Gasteiger partial charge in [-0.2, -0.15) is 0 Å². The second-order valence-electron chi connectivity index (χ2n) is 6.62. The van der Waals surface area contributed by atoms with E-state index in [1.54, 1.807) is 36.1 Å². The molecule has 136 valence electrons. The van der Waals surface area contributed by atoms with Gasteiger partial charge in [0.1, 0.15) is 0 Å². The number of carbonyl (C=O) groups excluding carboxylic acids is 2. The second kappa shape index (κ2) is 8.24. The number of hydrogen-bond acceptors (Lipinski definition) is 3. The summed E-state index contributed by atoms with van der Waals surface area (Å²) < 4.78 is 4.89. The Morgan fingerprint density at radius 1 is 1.36 bits per heavy atom. The van der Waals surface area contributed by atoms with Gasteiger partial charge >= 0.3 is 5.97 Å². The van der Waals surface area contributed by atoms with Gasteiger partial charge in [-0.3, -0.25) is 4.79 Å². The summed E-state index contributed by atoms with van der Waals surface area (Å²) >= 11 is 12.4. The smallest absolute Gasteiger partial charge is 0.330 e. The molecule has 0 bridgehead atoms. The summed E-state index contributed by atoms with van der Waals surface area (Å²) in [4.78, 5) is 26.2. The summed E-state index contributed by atoms with van der Waals surface area (Å²) in [5.41, 5.74) is 0.244. The first kappa shape index (κ1) is 19.8. The maximum absolute atomic E-state index is 12.8. The van der Waals surface area contributed by atoms with Crippen LogP contribution in [0.3, 0.4) is 0 Å². The van der Waals surface area contributed by atoms with Crippen LogP contribution in [0.4, 0.5) is 0 Å². The number of carbonyl (C=O) groups is 2. The molecule has 0 aliphatic carbocycles. The lowest BCUT2D eigenvalue weighted by Gasteiger charge is -2.33. The minimum Gasteiger partial charge on any atom is -0.463 e. The van der Waals surface area contributed by atoms with E-state index in [1.165, 1.54) is 6.08 Å². The fourth-order valence-electron chi connectivity index (χ4n) is 3.03. The molecule has 0 spiro atoms. The Hall–Kier alpha value is -1.52. The molecule has 1 atom stereocenters. The SMILES string of the molecule is CCOC(=O)C=CC(C)(C)N1CCC(Cc2c(Cl)cccc2Cl)C1=O. The third-order valence-corrected chi connectivity index (χ3v) is 5.15. The van der Waals surface area contributed by atoms with Crippen LogP contribution >= 0.6 is 23.2 Å². The van der Waals surface area contributed by atoms with E-state index in [-0.39, 0.29) is 11.8 Å². The molecule has 4 nitrogen and oxygen atoms in total. The van der Waals surface area contributed by atoms with E-state index in [2.05, 4.69) is 0 Å². The number of esters is 1. The Morgan fingerprint density at radius 3 is 2.60 bits per heavy atom. The first-order valence-electron chi connectivity index (χ1n) is 8.36. The van der Waals surface area contributed by atoms with Crippen LogP contribution in [0.2, 0.25) is 10.0 Å². The number of hydrogen-bond donors (Lipinski definition) is 0. The van der Waals surface area contributed by atoms with E-state index >= 15 is 0 Å². The van der Waals surface area contributed by atoms with E-state index in [0.717, 1.165) is 12.0 Å². The van der Waals surface area contributed by atoms with E-state index in [9.17, 15) is 9.59 Å². The fourth-order valence-corrected chi connectivity index (χ4v) is 3.58. The number of ether oxygens (including phenoxy) is 1. The quantitative estimate of drug-likeness (QED) is 0.543. The van der Waals surface area contributed by atoms with Crippen molar-refractivity contribution >= 4 is 35.1 Å². The predicted molar refractivity (Wildman–Crippen MR) is 99.8 cm³/mol. The van der Waals surface area contributed by atoms with Gasteiger partial charge in [-0.05, 0) is 51.3 Å². The molecule has 1 aromatic carbocycles. The zero-order valence-corrected chi connectivity index (χ0v) is 16.2. The molecule has 0 radical (unpaired) electrons. The summed E-state index contributed by atoms with van der Waals surface area (Å²) in [5, 5.41) is 1.17. The molecular weight excluding hydrogens is 361 g/mol. The van der Waals surface area contributed by atoms with E-state index in [0.29, 0.717) is 29.6 Å². The molecule has 1 unspecified atom stereocenters. The molecule has 2 rings (SSSR count). The van der Waals surface area contributed by atoms with Crippen LogP contribution in [0.25, 0.3) is 0 Å². The molecule has 1 aromatic rings. The third-order valence-electron chi connectivity index (χ3n) is 4.44. The average molecular weight is 384 g/mol. The monoisotopic (exact) mass is 383 g/mol. The maximum Gasteiger partial charge on any atom is 0.330 e. The van der Waals surface area contributed by atoms with Gasteiger partial charge in [0, 0.05) is 28.6 Å². The summed E-state index contributed by atoms with van der Waals surface area (Å²) in [7, 11) is 0. The average Bonchev–Trinajstić information content (AvgIpc) is 2.91. The number of benzene rings is 1. The van der Waals surface area contributed by atoms with Gasteiger partial charge in [0.05, 0.1) is 12.1 Å². The van der Waals surface area contributed by atoms with Crippen LogP contribution in [-0.2, 0) is 20.7 Å². The highest BCUT2D eigenvalue weighted by atomic mass is 35.5. The topological polar surface area (TPSA) is 46.6 Å². The number of likely N-dealkylation sites (tertiary alicyclic amines) is 1. The Balaban J connectivity index is 2.09. The summed E-state index contributed by atoms with van der Waals surface area (Å²) in [6.45, 7) is 6.53. The summed E-state index contributed by atoms with van der Waals surface area (Å²) in [6, 6.07) is 5.36. The van der Waals surface area contributed by atoms with Crippen LogP contribution in [0.15, 0.2) is 30.4 Å². The van der Waals surface area contributed by atoms with Gasteiger partial charge in [0.15, 0.2) is 0 Å². The maximum atomic E-state index is 12.8. The fraction of sp³-hybridized carbons (Fsp3) is 0.474. The summed E-state index contributed by atoms with van der Waals surface area (Å²) in [5.74, 6) is -0.510. The van der Waals surface area contributed by atoms with Gasteiger partial charge in [0.2, 0.25) is 5.91 Å². The van der Waals surface area contributed by atoms with Crippen LogP contribution in [0, 0.1) is 5.92 Å². The van der Waals surface area contributed by atoms with Crippen molar-refractivity contribution in [3.8, 4) is 0 Å². The van der Waals surface area contributed by atoms with Crippen molar-refractivity contribution in [2.75, 3.05) is 13.2 Å². The molecule has 1 heterocycles. The Morgan fingerprint density at radius 2 is 2.00 bits per heavy atom. The molecule has 1 aliphatic heterocycles. The minimum absolute atomic E-state index is 0.0505. The van der Waals surface area contributed by atoms with Gasteiger partial charge < -0.3 is 9.64 Å². The highest BCUT2D eigenvalue weighted by molar-refractivity contribution is 6.36. The molecule has 25 heavy (non-hydrogen) atoms. The minimum atomic E-state index is -0.567. The molecule has 6 heteroatoms. The van der Waals surface area contributed by atoms with Crippen molar-refractivity contribution in [1.29, 1.82) is 0 Å². The van der Waals surface area contributed by atoms with Crippen molar-refractivity contribution in [3.63, 3.8) is 0 Å². The highest BCUT2D eigenvalue weighted by Crippen LogP contribution is 2.33. The zero-order valence-electron chi connectivity index (χ0n) is 14.7. The van der Waals surface area contributed by atoms with Crippen molar-refractivity contribution in [3.05, 3.63) is 46.0 Å². The molecule has 1 saturated heterocycles. The lowest BCUT2D eigenvalue weighted by atomic mass is 9.97. The van der Waals surface area contributed by atoms with Gasteiger partial charge in [-0.15, -0.1) is 0 Å². The summed E-state index contributed by atoms with van der Waals surface area (Å²) in [6.07, 6.45) is 4.35. The standard InChI is InChI=1S/C19H23Cl2NO3/c1-4-25-17(23)8-10-19(2,3)22-11-9-13(18(22)24)12-14-15(20)6-5-7-16(14)21/h5-8,10,13H,4,9,11-12H2,1-3H3. The van der Waals surface area contributed by atoms with Crippen LogP contribution in [0.5, 0.6) is 0 Å². The lowest BCUT2D eigenvalue weighted by Crippen LogP contribution is -2.44. The number of rotatable bonds is 6. The van der Waals surface area contributed by atoms with Crippen molar-refractivity contribution in [1.82, 2.24) is 4.90 Å². The van der Waals surface area contributed by atoms with Gasteiger partial charge in [-0.1, -0.05) is 35.3 Å². The molecule has 0 N–H and O–H groups in total. The van der Waals surface area contributed by atoms with Crippen molar-refractivity contribution in [2.45, 2.75) is 39.2 Å². The van der Waals surface area contributed by atoms with E-state index in [1.807, 2.05) is 13.8 Å². The normalized spacial score (nSPS) is 18.2. The molecule has 1 amide bonds. The highest BCUT2D eigenvalue weighted by Gasteiger charge is 2.39. The molecule has 0 aromatic heterocycles. The first-order valence-corrected chi connectivity index (χ1v) is 9.12. The van der Waals surface area contributed by atoms with Gasteiger partial charge in [-0.25, -0.2) is 4.79 Å². The largest absolute Gasteiger partial charge is 0.463 e. The Bertz CT molecular complexity index is 665. The molecular formula is C19H23Cl2NO3. The van der Waals surface area contributed by atoms with Gasteiger partial charge in [0.25, 0.3) is 0 Å². The van der Waals surface area contributed by atoms with E-state index in [4.69, 9.17) is 27.9 Å². The Labute approximate surface area is 158 Å². The van der Waals surface area contributed by atoms with Crippen LogP contribution in [0.1, 0.15) is 32.8 Å². The molecule has 1 aliphatic rings. The molecule has 1 fully saturated rings. The zero-order chi connectivity index (χ0) is 18.6. The molecule has 0 saturated carbocycles. The van der Waals surface area contributed by atoms with Crippen LogP contribution in [-0.4, -0.2) is 35.5 Å². The Kier molecular flexibility index (Phi) is 6.53. The lowest BCUT2D eigenvalue weighted by molar-refractivity contribution is -0.138. The van der Waals surface area contributed by atoms with Crippen molar-refractivity contribution in [2.24, 2.45) is 5.92 Å². The second-order valence-corrected chi connectivity index (χ2v) is 7.43. The number of nitrogens with zero attached hydrogens (tertiary/aromatic N) is 1. The number of amides is 1. The number of halogens is 2. The predicted octanol–water partition coefficient (Wildman–Crippen LogP) is 4.28.